The van der Waals surface area contributed by atoms with E-state index >= 15 is 0 Å². The maximum absolute atomic E-state index is 12.2. The number of hydrogen-bond acceptors (Lipinski definition) is 2. The van der Waals surface area contributed by atoms with Crippen molar-refractivity contribution in [2.45, 2.75) is 18.9 Å². The van der Waals surface area contributed by atoms with Crippen LogP contribution in [0.2, 0.25) is 0 Å². The zero-order valence-electron chi connectivity index (χ0n) is 9.45. The molecule has 1 atom stereocenters. The maximum atomic E-state index is 12.2. The van der Waals surface area contributed by atoms with Gasteiger partial charge in [-0.1, -0.05) is 28.1 Å². The molecule has 0 aromatic heterocycles. The summed E-state index contributed by atoms with van der Waals surface area (Å²) in [6.45, 7) is 0. The Bertz CT molecular complexity index is 503. The van der Waals surface area contributed by atoms with Gasteiger partial charge in [0.2, 0.25) is 0 Å². The minimum atomic E-state index is -0.192. The van der Waals surface area contributed by atoms with Crippen LogP contribution >= 0.6 is 44.1 Å². The summed E-state index contributed by atoms with van der Waals surface area (Å²) in [5.41, 5.74) is 6.25. The summed E-state index contributed by atoms with van der Waals surface area (Å²) >= 11 is 11.7. The lowest BCUT2D eigenvalue weighted by atomic mass is 10.1. The van der Waals surface area contributed by atoms with Crippen LogP contribution in [-0.2, 0) is 0 Å². The molecular formula is C12H12Br2N2OS. The van der Waals surface area contributed by atoms with Gasteiger partial charge in [0.1, 0.15) is 0 Å². The lowest BCUT2D eigenvalue weighted by Gasteiger charge is -2.17. The zero-order valence-corrected chi connectivity index (χ0v) is 13.4. The van der Waals surface area contributed by atoms with Crippen LogP contribution in [0.3, 0.4) is 0 Å². The highest BCUT2D eigenvalue weighted by Gasteiger charge is 2.34. The third kappa shape index (κ3) is 3.30. The SMILES string of the molecule is NC(=S)C(NC(=O)c1ccc(Br)cc1Br)C1CC1. The summed E-state index contributed by atoms with van der Waals surface area (Å²) < 4.78 is 1.66. The van der Waals surface area contributed by atoms with Gasteiger partial charge >= 0.3 is 0 Å². The van der Waals surface area contributed by atoms with Crippen LogP contribution in [-0.4, -0.2) is 16.9 Å². The van der Waals surface area contributed by atoms with Crippen LogP contribution < -0.4 is 11.1 Å². The Hall–Kier alpha value is -0.460. The molecule has 0 bridgehead atoms. The average molecular weight is 392 g/mol. The number of benzene rings is 1. The van der Waals surface area contributed by atoms with Gasteiger partial charge in [-0.05, 0) is 52.9 Å². The number of rotatable bonds is 4. The minimum absolute atomic E-state index is 0.154. The molecule has 1 saturated carbocycles. The molecule has 1 fully saturated rings. The Morgan fingerprint density at radius 3 is 2.61 bits per heavy atom. The molecule has 6 heteroatoms. The molecule has 1 amide bonds. The van der Waals surface area contributed by atoms with Gasteiger partial charge in [-0.2, -0.15) is 0 Å². The highest BCUT2D eigenvalue weighted by atomic mass is 79.9. The van der Waals surface area contributed by atoms with Crippen molar-refractivity contribution < 1.29 is 4.79 Å². The lowest BCUT2D eigenvalue weighted by molar-refractivity contribution is 0.0943. The third-order valence-corrected chi connectivity index (χ3v) is 4.27. The van der Waals surface area contributed by atoms with Gasteiger partial charge in [0.25, 0.3) is 5.91 Å². The number of thiocarbonyl (C=S) groups is 1. The van der Waals surface area contributed by atoms with Crippen molar-refractivity contribution in [3.63, 3.8) is 0 Å². The minimum Gasteiger partial charge on any atom is -0.392 e. The first-order valence-corrected chi connectivity index (χ1v) is 7.53. The fourth-order valence-corrected chi connectivity index (χ4v) is 3.22. The first-order valence-electron chi connectivity index (χ1n) is 5.54. The van der Waals surface area contributed by atoms with Crippen LogP contribution in [0.15, 0.2) is 27.1 Å². The Labute approximate surface area is 128 Å². The summed E-state index contributed by atoms with van der Waals surface area (Å²) in [6.07, 6.45) is 2.15. The predicted octanol–water partition coefficient (Wildman–Crippen LogP) is 3.01. The molecule has 0 spiro atoms. The van der Waals surface area contributed by atoms with E-state index in [4.69, 9.17) is 18.0 Å². The first kappa shape index (κ1) is 14.0. The van der Waals surface area contributed by atoms with E-state index in [9.17, 15) is 4.79 Å². The van der Waals surface area contributed by atoms with E-state index in [0.29, 0.717) is 16.5 Å². The summed E-state index contributed by atoms with van der Waals surface area (Å²) in [5, 5.41) is 2.90. The van der Waals surface area contributed by atoms with Gasteiger partial charge in [-0.15, -0.1) is 0 Å². The van der Waals surface area contributed by atoms with E-state index in [1.165, 1.54) is 0 Å². The maximum Gasteiger partial charge on any atom is 0.252 e. The number of carbonyl (C=O) groups is 1. The highest BCUT2D eigenvalue weighted by Crippen LogP contribution is 2.33. The van der Waals surface area contributed by atoms with Gasteiger partial charge in [-0.25, -0.2) is 0 Å². The van der Waals surface area contributed by atoms with Crippen molar-refractivity contribution in [3.05, 3.63) is 32.7 Å². The predicted molar refractivity (Wildman–Crippen MR) is 82.6 cm³/mol. The van der Waals surface area contributed by atoms with Crippen molar-refractivity contribution in [3.8, 4) is 0 Å². The largest absolute Gasteiger partial charge is 0.392 e. The van der Waals surface area contributed by atoms with Crippen molar-refractivity contribution in [1.82, 2.24) is 5.32 Å². The standard InChI is InChI=1S/C12H12Br2N2OS/c13-7-3-4-8(9(14)5-7)12(17)16-10(11(15)18)6-1-2-6/h3-6,10H,1-2H2,(H2,15,18)(H,16,17). The summed E-state index contributed by atoms with van der Waals surface area (Å²) in [5.74, 6) is 0.250. The van der Waals surface area contributed by atoms with E-state index in [2.05, 4.69) is 37.2 Å². The lowest BCUT2D eigenvalue weighted by Crippen LogP contribution is -2.45. The van der Waals surface area contributed by atoms with Gasteiger partial charge in [0, 0.05) is 8.95 Å². The normalized spacial score (nSPS) is 16.1. The smallest absolute Gasteiger partial charge is 0.252 e. The van der Waals surface area contributed by atoms with Gasteiger partial charge in [0.05, 0.1) is 16.6 Å². The van der Waals surface area contributed by atoms with E-state index in [0.717, 1.165) is 21.8 Å². The zero-order chi connectivity index (χ0) is 13.3. The van der Waals surface area contributed by atoms with Gasteiger partial charge in [0.15, 0.2) is 0 Å². The fraction of sp³-hybridized carbons (Fsp3) is 0.333. The summed E-state index contributed by atoms with van der Waals surface area (Å²) in [6, 6.07) is 5.23. The molecule has 0 heterocycles. The Kier molecular flexibility index (Phi) is 4.40. The van der Waals surface area contributed by atoms with Crippen LogP contribution in [0.25, 0.3) is 0 Å². The second kappa shape index (κ2) is 5.67. The second-order valence-electron chi connectivity index (χ2n) is 4.32. The van der Waals surface area contributed by atoms with Crippen molar-refractivity contribution in [2.75, 3.05) is 0 Å². The molecule has 1 aromatic rings. The number of nitrogens with two attached hydrogens (primary N) is 1. The van der Waals surface area contributed by atoms with E-state index < -0.39 is 0 Å². The quantitative estimate of drug-likeness (QED) is 0.775. The Morgan fingerprint density at radius 1 is 1.44 bits per heavy atom. The summed E-state index contributed by atoms with van der Waals surface area (Å²) in [7, 11) is 0. The molecule has 0 aliphatic heterocycles. The molecule has 18 heavy (non-hydrogen) atoms. The topological polar surface area (TPSA) is 55.1 Å². The van der Waals surface area contributed by atoms with Crippen LogP contribution in [0.4, 0.5) is 0 Å². The molecule has 1 aliphatic carbocycles. The fourth-order valence-electron chi connectivity index (χ4n) is 1.74. The number of nitrogens with one attached hydrogen (secondary N) is 1. The van der Waals surface area contributed by atoms with Crippen LogP contribution in [0.5, 0.6) is 0 Å². The Morgan fingerprint density at radius 2 is 2.11 bits per heavy atom. The molecule has 3 nitrogen and oxygen atoms in total. The molecule has 2 rings (SSSR count). The molecule has 96 valence electrons. The molecule has 0 saturated heterocycles. The molecule has 1 aromatic carbocycles. The number of amides is 1. The van der Waals surface area contributed by atoms with E-state index in [1.54, 1.807) is 6.07 Å². The van der Waals surface area contributed by atoms with Crippen molar-refractivity contribution in [2.24, 2.45) is 11.7 Å². The monoisotopic (exact) mass is 390 g/mol. The number of halogens is 2. The average Bonchev–Trinajstić information content (AvgIpc) is 3.08. The van der Waals surface area contributed by atoms with E-state index in [-0.39, 0.29) is 11.9 Å². The summed E-state index contributed by atoms with van der Waals surface area (Å²) in [4.78, 5) is 12.5. The molecule has 0 radical (unpaired) electrons. The number of hydrogen-bond donors (Lipinski definition) is 2. The first-order chi connectivity index (χ1) is 8.49. The van der Waals surface area contributed by atoms with Crippen LogP contribution in [0.1, 0.15) is 23.2 Å². The van der Waals surface area contributed by atoms with Crippen LogP contribution in [0, 0.1) is 5.92 Å². The van der Waals surface area contributed by atoms with Crippen molar-refractivity contribution >= 4 is 55.0 Å². The molecular weight excluding hydrogens is 380 g/mol. The number of carbonyl (C=O) groups excluding carboxylic acids is 1. The Balaban J connectivity index is 2.13. The highest BCUT2D eigenvalue weighted by molar-refractivity contribution is 9.11. The molecule has 3 N–H and O–H groups in total. The molecule has 1 aliphatic rings. The van der Waals surface area contributed by atoms with Gasteiger partial charge < -0.3 is 11.1 Å². The third-order valence-electron chi connectivity index (χ3n) is 2.86. The van der Waals surface area contributed by atoms with Gasteiger partial charge in [-0.3, -0.25) is 4.79 Å². The van der Waals surface area contributed by atoms with E-state index in [1.807, 2.05) is 12.1 Å². The molecule has 1 unspecified atom stereocenters. The second-order valence-corrected chi connectivity index (χ2v) is 6.56. The van der Waals surface area contributed by atoms with Crippen molar-refractivity contribution in [1.29, 1.82) is 0 Å².